The first-order valence-electron chi connectivity index (χ1n) is 10.5. The Hall–Kier alpha value is -3.42. The number of fused-ring (bicyclic) bond motifs is 1. The number of carbonyl (C=O) groups is 3. The van der Waals surface area contributed by atoms with E-state index in [9.17, 15) is 14.4 Å². The summed E-state index contributed by atoms with van der Waals surface area (Å²) in [5.74, 6) is -0.819. The SMILES string of the molecule is C[C@H]1CC[C@H](c2ccc3c(c2)CCCO3)N(C(=O)C(=O)Nc2cncc(C(N)=O)c2)C1. The van der Waals surface area contributed by atoms with Crippen LogP contribution in [0.5, 0.6) is 5.75 Å². The van der Waals surface area contributed by atoms with Crippen LogP contribution < -0.4 is 15.8 Å². The number of primary amides is 1. The molecular weight excluding hydrogens is 396 g/mol. The molecule has 0 unspecified atom stereocenters. The molecule has 2 atom stereocenters. The van der Waals surface area contributed by atoms with E-state index in [1.165, 1.54) is 18.5 Å². The largest absolute Gasteiger partial charge is 0.493 e. The van der Waals surface area contributed by atoms with E-state index in [0.717, 1.165) is 49.2 Å². The van der Waals surface area contributed by atoms with Gasteiger partial charge in [-0.2, -0.15) is 0 Å². The van der Waals surface area contributed by atoms with E-state index in [0.29, 0.717) is 12.5 Å². The van der Waals surface area contributed by atoms with E-state index in [-0.39, 0.29) is 17.3 Å². The highest BCUT2D eigenvalue weighted by atomic mass is 16.5. The van der Waals surface area contributed by atoms with Gasteiger partial charge in [-0.25, -0.2) is 0 Å². The Morgan fingerprint density at radius 1 is 1.19 bits per heavy atom. The van der Waals surface area contributed by atoms with Crippen LogP contribution in [0.1, 0.15) is 53.7 Å². The first kappa shape index (κ1) is 20.8. The Bertz CT molecular complexity index is 1020. The molecule has 0 saturated carbocycles. The Kier molecular flexibility index (Phi) is 5.88. The molecule has 0 spiro atoms. The van der Waals surface area contributed by atoms with Crippen LogP contribution in [-0.2, 0) is 16.0 Å². The first-order chi connectivity index (χ1) is 14.9. The minimum absolute atomic E-state index is 0.158. The highest BCUT2D eigenvalue weighted by Gasteiger charge is 2.34. The van der Waals surface area contributed by atoms with Crippen molar-refractivity contribution in [2.75, 3.05) is 18.5 Å². The lowest BCUT2D eigenvalue weighted by Crippen LogP contribution is -2.46. The molecule has 0 aliphatic carbocycles. The Morgan fingerprint density at radius 2 is 2.03 bits per heavy atom. The molecule has 1 fully saturated rings. The van der Waals surface area contributed by atoms with Crippen molar-refractivity contribution < 1.29 is 19.1 Å². The smallest absolute Gasteiger partial charge is 0.313 e. The molecule has 3 amide bonds. The molecule has 3 heterocycles. The fourth-order valence-corrected chi connectivity index (χ4v) is 4.27. The van der Waals surface area contributed by atoms with Gasteiger partial charge in [-0.15, -0.1) is 0 Å². The third kappa shape index (κ3) is 4.52. The fourth-order valence-electron chi connectivity index (χ4n) is 4.27. The van der Waals surface area contributed by atoms with Crippen LogP contribution in [0.3, 0.4) is 0 Å². The predicted molar refractivity (Wildman–Crippen MR) is 114 cm³/mol. The van der Waals surface area contributed by atoms with Gasteiger partial charge in [0.1, 0.15) is 5.75 Å². The monoisotopic (exact) mass is 422 g/mol. The van der Waals surface area contributed by atoms with Crippen LogP contribution in [-0.4, -0.2) is 40.8 Å². The van der Waals surface area contributed by atoms with Gasteiger partial charge in [0.05, 0.1) is 30.1 Å². The van der Waals surface area contributed by atoms with Crippen molar-refractivity contribution in [2.45, 2.75) is 38.6 Å². The number of aromatic nitrogens is 1. The highest BCUT2D eigenvalue weighted by molar-refractivity contribution is 6.39. The lowest BCUT2D eigenvalue weighted by atomic mass is 9.88. The van der Waals surface area contributed by atoms with Crippen LogP contribution in [0, 0.1) is 5.92 Å². The molecule has 3 N–H and O–H groups in total. The normalized spacial score (nSPS) is 20.4. The number of benzene rings is 1. The molecule has 8 nitrogen and oxygen atoms in total. The molecular formula is C23H26N4O4. The van der Waals surface area contributed by atoms with E-state index >= 15 is 0 Å². The first-order valence-corrected chi connectivity index (χ1v) is 10.5. The van der Waals surface area contributed by atoms with Crippen LogP contribution in [0.2, 0.25) is 0 Å². The summed E-state index contributed by atoms with van der Waals surface area (Å²) in [5, 5.41) is 2.55. The molecule has 1 aromatic heterocycles. The number of anilines is 1. The lowest BCUT2D eigenvalue weighted by Gasteiger charge is -2.39. The number of ether oxygens (including phenoxy) is 1. The average Bonchev–Trinajstić information content (AvgIpc) is 2.78. The molecule has 162 valence electrons. The molecule has 0 bridgehead atoms. The van der Waals surface area contributed by atoms with Gasteiger partial charge in [-0.1, -0.05) is 19.1 Å². The summed E-state index contributed by atoms with van der Waals surface area (Å²) in [7, 11) is 0. The zero-order chi connectivity index (χ0) is 22.0. The van der Waals surface area contributed by atoms with Crippen LogP contribution in [0.4, 0.5) is 5.69 Å². The standard InChI is InChI=1S/C23H26N4O4/c1-14-4-6-19(15-5-7-20-16(9-15)3-2-8-31-20)27(13-14)23(30)22(29)26-18-10-17(21(24)28)11-25-12-18/h5,7,9-12,14,19H,2-4,6,8,13H2,1H3,(H2,24,28)(H,26,29)/t14-,19+/m0/s1. The minimum atomic E-state index is -0.760. The molecule has 1 aromatic carbocycles. The minimum Gasteiger partial charge on any atom is -0.493 e. The molecule has 0 radical (unpaired) electrons. The van der Waals surface area contributed by atoms with E-state index in [1.807, 2.05) is 12.1 Å². The maximum absolute atomic E-state index is 13.1. The second kappa shape index (κ2) is 8.75. The summed E-state index contributed by atoms with van der Waals surface area (Å²) in [5.41, 5.74) is 7.84. The van der Waals surface area contributed by atoms with Gasteiger partial charge in [0, 0.05) is 12.7 Å². The molecule has 1 saturated heterocycles. The topological polar surface area (TPSA) is 115 Å². The van der Waals surface area contributed by atoms with E-state index in [4.69, 9.17) is 10.5 Å². The summed E-state index contributed by atoms with van der Waals surface area (Å²) < 4.78 is 5.70. The van der Waals surface area contributed by atoms with Crippen molar-refractivity contribution in [3.05, 3.63) is 53.3 Å². The van der Waals surface area contributed by atoms with Crippen molar-refractivity contribution >= 4 is 23.4 Å². The van der Waals surface area contributed by atoms with Gasteiger partial charge in [0.15, 0.2) is 0 Å². The van der Waals surface area contributed by atoms with Crippen molar-refractivity contribution in [1.82, 2.24) is 9.88 Å². The third-order valence-corrected chi connectivity index (χ3v) is 5.87. The van der Waals surface area contributed by atoms with E-state index in [1.54, 1.807) is 4.90 Å². The fraction of sp³-hybridized carbons (Fsp3) is 0.391. The van der Waals surface area contributed by atoms with Gasteiger partial charge in [0.2, 0.25) is 5.91 Å². The number of rotatable bonds is 3. The molecule has 2 aliphatic heterocycles. The number of amides is 3. The number of nitrogens with one attached hydrogen (secondary N) is 1. The van der Waals surface area contributed by atoms with Crippen LogP contribution in [0.15, 0.2) is 36.7 Å². The molecule has 2 aromatic rings. The summed E-state index contributed by atoms with van der Waals surface area (Å²) in [4.78, 5) is 42.7. The predicted octanol–water partition coefficient (Wildman–Crippen LogP) is 2.44. The molecule has 4 rings (SSSR count). The van der Waals surface area contributed by atoms with Gasteiger partial charge < -0.3 is 20.7 Å². The zero-order valence-electron chi connectivity index (χ0n) is 17.5. The summed E-state index contributed by atoms with van der Waals surface area (Å²) in [6.07, 6.45) is 6.37. The van der Waals surface area contributed by atoms with E-state index < -0.39 is 17.7 Å². The van der Waals surface area contributed by atoms with Gasteiger partial charge in [0.25, 0.3) is 0 Å². The zero-order valence-corrected chi connectivity index (χ0v) is 17.5. The maximum Gasteiger partial charge on any atom is 0.313 e. The number of hydrogen-bond donors (Lipinski definition) is 2. The van der Waals surface area contributed by atoms with Crippen molar-refractivity contribution in [2.24, 2.45) is 11.7 Å². The highest BCUT2D eigenvalue weighted by Crippen LogP contribution is 2.36. The van der Waals surface area contributed by atoms with Gasteiger partial charge in [-0.3, -0.25) is 19.4 Å². The molecule has 8 heteroatoms. The number of carbonyl (C=O) groups excluding carboxylic acids is 3. The van der Waals surface area contributed by atoms with Gasteiger partial charge in [-0.05, 0) is 54.9 Å². The van der Waals surface area contributed by atoms with Crippen molar-refractivity contribution in [3.63, 3.8) is 0 Å². The Labute approximate surface area is 180 Å². The Morgan fingerprint density at radius 3 is 2.84 bits per heavy atom. The van der Waals surface area contributed by atoms with Crippen molar-refractivity contribution in [3.8, 4) is 5.75 Å². The van der Waals surface area contributed by atoms with Gasteiger partial charge >= 0.3 is 11.8 Å². The maximum atomic E-state index is 13.1. The molecule has 31 heavy (non-hydrogen) atoms. The summed E-state index contributed by atoms with van der Waals surface area (Å²) in [6.45, 7) is 3.31. The number of pyridine rings is 1. The molecule has 2 aliphatic rings. The average molecular weight is 422 g/mol. The van der Waals surface area contributed by atoms with Crippen LogP contribution in [0.25, 0.3) is 0 Å². The number of aryl methyl sites for hydroxylation is 1. The number of nitrogens with two attached hydrogens (primary N) is 1. The van der Waals surface area contributed by atoms with E-state index in [2.05, 4.69) is 23.3 Å². The second-order valence-corrected chi connectivity index (χ2v) is 8.26. The number of likely N-dealkylation sites (tertiary alicyclic amines) is 1. The third-order valence-electron chi connectivity index (χ3n) is 5.87. The number of hydrogen-bond acceptors (Lipinski definition) is 5. The second-order valence-electron chi connectivity index (χ2n) is 8.26. The summed E-state index contributed by atoms with van der Waals surface area (Å²) in [6, 6.07) is 7.29. The summed E-state index contributed by atoms with van der Waals surface area (Å²) >= 11 is 0. The van der Waals surface area contributed by atoms with Crippen LogP contribution >= 0.6 is 0 Å². The number of nitrogens with zero attached hydrogens (tertiary/aromatic N) is 2. The Balaban J connectivity index is 1.55. The van der Waals surface area contributed by atoms with Crippen molar-refractivity contribution in [1.29, 1.82) is 0 Å². The lowest BCUT2D eigenvalue weighted by molar-refractivity contribution is -0.146. The quantitative estimate of drug-likeness (QED) is 0.738. The number of piperidine rings is 1.